The van der Waals surface area contributed by atoms with Gasteiger partial charge in [-0.3, -0.25) is 4.79 Å². The van der Waals surface area contributed by atoms with Gasteiger partial charge in [0.1, 0.15) is 24.6 Å². The monoisotopic (exact) mass is 372 g/mol. The molecular formula is C18H19F3O5. The summed E-state index contributed by atoms with van der Waals surface area (Å²) in [6.45, 7) is -0.232. The van der Waals surface area contributed by atoms with Crippen molar-refractivity contribution in [2.75, 3.05) is 6.61 Å². The molecule has 1 unspecified atom stereocenters. The fourth-order valence-electron chi connectivity index (χ4n) is 3.44. The Kier molecular flexibility index (Phi) is 5.24. The Morgan fingerprint density at radius 3 is 2.88 bits per heavy atom. The average molecular weight is 372 g/mol. The van der Waals surface area contributed by atoms with E-state index in [9.17, 15) is 28.2 Å². The van der Waals surface area contributed by atoms with E-state index in [0.717, 1.165) is 12.1 Å². The van der Waals surface area contributed by atoms with Crippen molar-refractivity contribution in [2.24, 2.45) is 11.8 Å². The summed E-state index contributed by atoms with van der Waals surface area (Å²) in [5.74, 6) is -0.721. The van der Waals surface area contributed by atoms with Crippen LogP contribution in [0.4, 0.5) is 13.2 Å². The zero-order chi connectivity index (χ0) is 18.9. The van der Waals surface area contributed by atoms with Crippen LogP contribution in [0.25, 0.3) is 0 Å². The van der Waals surface area contributed by atoms with Gasteiger partial charge in [-0.05, 0) is 18.2 Å². The van der Waals surface area contributed by atoms with E-state index in [1.807, 2.05) is 0 Å². The highest BCUT2D eigenvalue weighted by Gasteiger charge is 2.48. The van der Waals surface area contributed by atoms with Crippen LogP contribution in [0.1, 0.15) is 18.4 Å². The number of fused-ring (bicyclic) bond motifs is 1. The Labute approximate surface area is 148 Å². The zero-order valence-electron chi connectivity index (χ0n) is 13.7. The second kappa shape index (κ2) is 7.28. The first kappa shape index (κ1) is 18.7. The SMILES string of the molecule is O=C1C[C@@H]2[C@@H](/C=C\C(O)COc3cccc(C(F)(F)F)c3)[C@H](O)C[C@@H]2O1. The number of benzene rings is 1. The molecule has 1 aromatic carbocycles. The van der Waals surface area contributed by atoms with Crippen molar-refractivity contribution in [3.05, 3.63) is 42.0 Å². The molecule has 3 rings (SSSR count). The topological polar surface area (TPSA) is 76.0 Å². The molecule has 5 nitrogen and oxygen atoms in total. The van der Waals surface area contributed by atoms with Crippen LogP contribution < -0.4 is 4.74 Å². The summed E-state index contributed by atoms with van der Waals surface area (Å²) in [4.78, 5) is 11.3. The Balaban J connectivity index is 1.55. The van der Waals surface area contributed by atoms with Crippen molar-refractivity contribution >= 4 is 5.97 Å². The smallest absolute Gasteiger partial charge is 0.416 e. The third kappa shape index (κ3) is 4.19. The molecular weight excluding hydrogens is 353 g/mol. The first-order valence-electron chi connectivity index (χ1n) is 8.28. The van der Waals surface area contributed by atoms with Gasteiger partial charge in [-0.15, -0.1) is 0 Å². The van der Waals surface area contributed by atoms with E-state index in [1.54, 1.807) is 6.08 Å². The fourth-order valence-corrected chi connectivity index (χ4v) is 3.44. The molecule has 5 atom stereocenters. The van der Waals surface area contributed by atoms with E-state index in [4.69, 9.17) is 9.47 Å². The number of hydrogen-bond acceptors (Lipinski definition) is 5. The van der Waals surface area contributed by atoms with Gasteiger partial charge >= 0.3 is 12.1 Å². The third-order valence-corrected chi connectivity index (χ3v) is 4.71. The molecule has 8 heteroatoms. The molecule has 1 aliphatic heterocycles. The Morgan fingerprint density at radius 1 is 1.38 bits per heavy atom. The van der Waals surface area contributed by atoms with Crippen LogP contribution in [0.2, 0.25) is 0 Å². The maximum Gasteiger partial charge on any atom is 0.416 e. The van der Waals surface area contributed by atoms with Gasteiger partial charge in [0.25, 0.3) is 0 Å². The van der Waals surface area contributed by atoms with Crippen LogP contribution in [-0.4, -0.2) is 41.1 Å². The van der Waals surface area contributed by atoms with Gasteiger partial charge in [0, 0.05) is 18.3 Å². The van der Waals surface area contributed by atoms with Gasteiger partial charge in [0.2, 0.25) is 0 Å². The van der Waals surface area contributed by atoms with Crippen LogP contribution in [0.15, 0.2) is 36.4 Å². The summed E-state index contributed by atoms with van der Waals surface area (Å²) in [5.41, 5.74) is -0.828. The molecule has 0 spiro atoms. The van der Waals surface area contributed by atoms with Crippen molar-refractivity contribution in [3.8, 4) is 5.75 Å². The Bertz CT molecular complexity index is 688. The van der Waals surface area contributed by atoms with E-state index < -0.39 is 23.9 Å². The lowest BCUT2D eigenvalue weighted by molar-refractivity contribution is -0.142. The first-order chi connectivity index (χ1) is 12.2. The minimum atomic E-state index is -4.46. The number of halogens is 3. The largest absolute Gasteiger partial charge is 0.491 e. The molecule has 0 aromatic heterocycles. The molecule has 1 aliphatic carbocycles. The number of rotatable bonds is 5. The van der Waals surface area contributed by atoms with E-state index in [2.05, 4.69) is 0 Å². The average Bonchev–Trinajstić information content (AvgIpc) is 3.05. The zero-order valence-corrected chi connectivity index (χ0v) is 13.7. The number of carbonyl (C=O) groups is 1. The molecule has 0 amide bonds. The fraction of sp³-hybridized carbons (Fsp3) is 0.500. The summed E-state index contributed by atoms with van der Waals surface area (Å²) >= 11 is 0. The van der Waals surface area contributed by atoms with E-state index in [0.29, 0.717) is 6.42 Å². The van der Waals surface area contributed by atoms with Crippen LogP contribution in [0.3, 0.4) is 0 Å². The van der Waals surface area contributed by atoms with Gasteiger partial charge in [-0.25, -0.2) is 0 Å². The van der Waals surface area contributed by atoms with Crippen molar-refractivity contribution in [3.63, 3.8) is 0 Å². The molecule has 26 heavy (non-hydrogen) atoms. The summed E-state index contributed by atoms with van der Waals surface area (Å²) in [6, 6.07) is 4.40. The van der Waals surface area contributed by atoms with Crippen molar-refractivity contribution in [1.82, 2.24) is 0 Å². The van der Waals surface area contributed by atoms with Crippen molar-refractivity contribution in [2.45, 2.75) is 37.3 Å². The highest BCUT2D eigenvalue weighted by atomic mass is 19.4. The van der Waals surface area contributed by atoms with Crippen LogP contribution in [0.5, 0.6) is 5.75 Å². The lowest BCUT2D eigenvalue weighted by atomic mass is 9.91. The quantitative estimate of drug-likeness (QED) is 0.613. The minimum Gasteiger partial charge on any atom is -0.491 e. The van der Waals surface area contributed by atoms with Gasteiger partial charge in [0.05, 0.1) is 18.1 Å². The van der Waals surface area contributed by atoms with E-state index in [1.165, 1.54) is 18.2 Å². The first-order valence-corrected chi connectivity index (χ1v) is 8.28. The van der Waals surface area contributed by atoms with Crippen LogP contribution >= 0.6 is 0 Å². The Hall–Kier alpha value is -2.06. The summed E-state index contributed by atoms with van der Waals surface area (Å²) < 4.78 is 48.3. The number of alkyl halides is 3. The normalized spacial score (nSPS) is 29.7. The predicted octanol–water partition coefficient (Wildman–Crippen LogP) is 2.31. The molecule has 2 N–H and O–H groups in total. The maximum absolute atomic E-state index is 12.7. The van der Waals surface area contributed by atoms with Gasteiger partial charge < -0.3 is 19.7 Å². The molecule has 1 heterocycles. The van der Waals surface area contributed by atoms with Crippen LogP contribution in [-0.2, 0) is 15.7 Å². The lowest BCUT2D eigenvalue weighted by Crippen LogP contribution is -2.20. The summed E-state index contributed by atoms with van der Waals surface area (Å²) in [5, 5.41) is 20.0. The highest BCUT2D eigenvalue weighted by Crippen LogP contribution is 2.42. The Morgan fingerprint density at radius 2 is 2.15 bits per heavy atom. The van der Waals surface area contributed by atoms with E-state index >= 15 is 0 Å². The standard InChI is InChI=1S/C18H19F3O5/c19-18(20,21)10-2-1-3-12(6-10)25-9-11(22)4-5-13-14-7-17(24)26-16(14)8-15(13)23/h1-6,11,13-16,22-23H,7-9H2/b5-4-/t11?,13-,14-,15-,16+/m1/s1. The maximum atomic E-state index is 12.7. The molecule has 2 fully saturated rings. The summed E-state index contributed by atoms with van der Waals surface area (Å²) in [6.07, 6.45) is -2.85. The molecule has 0 radical (unpaired) electrons. The third-order valence-electron chi connectivity index (χ3n) is 4.71. The summed E-state index contributed by atoms with van der Waals surface area (Å²) in [7, 11) is 0. The number of carbonyl (C=O) groups excluding carboxylic acids is 1. The number of esters is 1. The van der Waals surface area contributed by atoms with Crippen molar-refractivity contribution in [1.29, 1.82) is 0 Å². The van der Waals surface area contributed by atoms with Gasteiger partial charge in [-0.2, -0.15) is 13.2 Å². The number of aliphatic hydroxyl groups excluding tert-OH is 2. The molecule has 142 valence electrons. The second-order valence-electron chi connectivity index (χ2n) is 6.57. The van der Waals surface area contributed by atoms with Gasteiger partial charge in [0.15, 0.2) is 0 Å². The van der Waals surface area contributed by atoms with Crippen LogP contribution in [0, 0.1) is 11.8 Å². The number of aliphatic hydroxyl groups is 2. The molecule has 1 saturated heterocycles. The minimum absolute atomic E-state index is 0.00281. The highest BCUT2D eigenvalue weighted by molar-refractivity contribution is 5.72. The second-order valence-corrected chi connectivity index (χ2v) is 6.57. The lowest BCUT2D eigenvalue weighted by Gasteiger charge is -2.16. The molecule has 0 bridgehead atoms. The van der Waals surface area contributed by atoms with Crippen molar-refractivity contribution < 1.29 is 37.7 Å². The molecule has 1 aromatic rings. The predicted molar refractivity (Wildman–Crippen MR) is 84.2 cm³/mol. The van der Waals surface area contributed by atoms with E-state index in [-0.39, 0.29) is 42.7 Å². The molecule has 2 aliphatic rings. The number of ether oxygens (including phenoxy) is 2. The number of hydrogen-bond donors (Lipinski definition) is 2. The molecule has 1 saturated carbocycles. The van der Waals surface area contributed by atoms with Gasteiger partial charge in [-0.1, -0.05) is 18.2 Å².